The summed E-state index contributed by atoms with van der Waals surface area (Å²) in [6.45, 7) is 0. The molecule has 2 atom stereocenters. The van der Waals surface area contributed by atoms with Crippen LogP contribution in [-0.2, 0) is 9.59 Å². The number of primary amides is 1. The number of thiophene rings is 1. The quantitative estimate of drug-likeness (QED) is 0.594. The lowest BCUT2D eigenvalue weighted by molar-refractivity contribution is -0.125. The lowest BCUT2D eigenvalue weighted by Gasteiger charge is -2.19. The molecular formula is C15H15N3O4S. The molecule has 23 heavy (non-hydrogen) atoms. The molecule has 8 heteroatoms. The molecule has 0 radical (unpaired) electrons. The van der Waals surface area contributed by atoms with Crippen LogP contribution in [0.25, 0.3) is 0 Å². The molecule has 0 saturated carbocycles. The zero-order valence-corrected chi connectivity index (χ0v) is 12.7. The molecular weight excluding hydrogens is 318 g/mol. The normalized spacial score (nSPS) is 12.9. The highest BCUT2D eigenvalue weighted by atomic mass is 32.1. The Bertz CT molecular complexity index is 685. The molecule has 0 aliphatic rings. The van der Waals surface area contributed by atoms with Crippen molar-refractivity contribution in [1.29, 1.82) is 0 Å². The van der Waals surface area contributed by atoms with Crippen molar-refractivity contribution in [3.8, 4) is 5.75 Å². The van der Waals surface area contributed by atoms with Crippen LogP contribution < -0.4 is 16.4 Å². The third-order valence-electron chi connectivity index (χ3n) is 3.06. The maximum absolute atomic E-state index is 12.4. The first-order chi connectivity index (χ1) is 11.0. The van der Waals surface area contributed by atoms with Gasteiger partial charge in [0.15, 0.2) is 0 Å². The SMILES string of the molecule is NC(=O)NC(C(=O)NC(C=O)c1ccc(O)cc1)c1cccs1. The molecule has 0 fully saturated rings. The third kappa shape index (κ3) is 4.30. The molecule has 5 N–H and O–H groups in total. The first-order valence-corrected chi connectivity index (χ1v) is 7.53. The molecule has 0 saturated heterocycles. The lowest BCUT2D eigenvalue weighted by Crippen LogP contribution is -2.43. The average Bonchev–Trinajstić information content (AvgIpc) is 3.05. The number of urea groups is 1. The van der Waals surface area contributed by atoms with Crippen molar-refractivity contribution in [3.63, 3.8) is 0 Å². The summed E-state index contributed by atoms with van der Waals surface area (Å²) in [5, 5.41) is 15.9. The Morgan fingerprint density at radius 2 is 1.87 bits per heavy atom. The van der Waals surface area contributed by atoms with E-state index < -0.39 is 24.0 Å². The number of nitrogens with two attached hydrogens (primary N) is 1. The predicted molar refractivity (Wildman–Crippen MR) is 84.8 cm³/mol. The second kappa shape index (κ2) is 7.41. The second-order valence-corrected chi connectivity index (χ2v) is 5.65. The molecule has 1 aromatic carbocycles. The lowest BCUT2D eigenvalue weighted by atomic mass is 10.1. The van der Waals surface area contributed by atoms with E-state index in [-0.39, 0.29) is 5.75 Å². The molecule has 0 aliphatic heterocycles. The molecule has 120 valence electrons. The third-order valence-corrected chi connectivity index (χ3v) is 4.00. The van der Waals surface area contributed by atoms with E-state index >= 15 is 0 Å². The number of benzene rings is 1. The summed E-state index contributed by atoms with van der Waals surface area (Å²) >= 11 is 1.28. The van der Waals surface area contributed by atoms with E-state index in [1.807, 2.05) is 0 Å². The Morgan fingerprint density at radius 1 is 1.17 bits per heavy atom. The summed E-state index contributed by atoms with van der Waals surface area (Å²) in [5.41, 5.74) is 5.61. The Labute approximate surface area is 136 Å². The number of phenols is 1. The number of carbonyl (C=O) groups excluding carboxylic acids is 3. The minimum atomic E-state index is -0.980. The van der Waals surface area contributed by atoms with Crippen LogP contribution in [0, 0.1) is 0 Å². The molecule has 0 bridgehead atoms. The number of carbonyl (C=O) groups is 3. The number of aromatic hydroxyl groups is 1. The van der Waals surface area contributed by atoms with Crippen LogP contribution in [0.4, 0.5) is 4.79 Å². The van der Waals surface area contributed by atoms with Crippen molar-refractivity contribution >= 4 is 29.6 Å². The largest absolute Gasteiger partial charge is 0.508 e. The van der Waals surface area contributed by atoms with Gasteiger partial charge in [-0.3, -0.25) is 4.79 Å². The van der Waals surface area contributed by atoms with Crippen LogP contribution in [0.3, 0.4) is 0 Å². The van der Waals surface area contributed by atoms with E-state index in [1.54, 1.807) is 17.5 Å². The summed E-state index contributed by atoms with van der Waals surface area (Å²) in [5.74, 6) is -0.506. The van der Waals surface area contributed by atoms with E-state index in [9.17, 15) is 19.5 Å². The molecule has 0 spiro atoms. The van der Waals surface area contributed by atoms with Crippen molar-refractivity contribution < 1.29 is 19.5 Å². The zero-order valence-electron chi connectivity index (χ0n) is 11.9. The molecule has 1 aromatic heterocycles. The molecule has 1 heterocycles. The Morgan fingerprint density at radius 3 is 2.39 bits per heavy atom. The highest BCUT2D eigenvalue weighted by Crippen LogP contribution is 2.21. The maximum atomic E-state index is 12.4. The molecule has 3 amide bonds. The summed E-state index contributed by atoms with van der Waals surface area (Å²) in [4.78, 5) is 35.4. The predicted octanol–water partition coefficient (Wildman–Crippen LogP) is 1.22. The number of rotatable bonds is 6. The van der Waals surface area contributed by atoms with Gasteiger partial charge in [-0.2, -0.15) is 0 Å². The number of nitrogens with one attached hydrogen (secondary N) is 2. The van der Waals surface area contributed by atoms with Gasteiger partial charge in [-0.1, -0.05) is 18.2 Å². The van der Waals surface area contributed by atoms with E-state index in [0.29, 0.717) is 16.7 Å². The number of aldehydes is 1. The van der Waals surface area contributed by atoms with Gasteiger partial charge >= 0.3 is 6.03 Å². The Hall–Kier alpha value is -2.87. The fourth-order valence-electron chi connectivity index (χ4n) is 1.98. The summed E-state index contributed by atoms with van der Waals surface area (Å²) in [6, 6.07) is 6.57. The molecule has 2 aromatic rings. The number of phenolic OH excluding ortho intramolecular Hbond substituents is 1. The monoisotopic (exact) mass is 333 g/mol. The van der Waals surface area contributed by atoms with E-state index in [2.05, 4.69) is 10.6 Å². The summed E-state index contributed by atoms with van der Waals surface area (Å²) < 4.78 is 0. The van der Waals surface area contributed by atoms with Gasteiger partial charge in [-0.25, -0.2) is 4.79 Å². The van der Waals surface area contributed by atoms with Crippen LogP contribution in [-0.4, -0.2) is 23.3 Å². The minimum absolute atomic E-state index is 0.0524. The molecule has 0 aliphatic carbocycles. The first kappa shape index (κ1) is 16.5. The van der Waals surface area contributed by atoms with Crippen LogP contribution in [0.15, 0.2) is 41.8 Å². The van der Waals surface area contributed by atoms with Gasteiger partial charge in [0, 0.05) is 4.88 Å². The van der Waals surface area contributed by atoms with Crippen LogP contribution >= 0.6 is 11.3 Å². The number of hydrogen-bond acceptors (Lipinski definition) is 5. The molecule has 7 nitrogen and oxygen atoms in total. The molecule has 2 rings (SSSR count). The average molecular weight is 333 g/mol. The number of hydrogen-bond donors (Lipinski definition) is 4. The van der Waals surface area contributed by atoms with E-state index in [1.165, 1.54) is 35.6 Å². The van der Waals surface area contributed by atoms with E-state index in [4.69, 9.17) is 5.73 Å². The topological polar surface area (TPSA) is 122 Å². The van der Waals surface area contributed by atoms with Gasteiger partial charge < -0.3 is 26.3 Å². The van der Waals surface area contributed by atoms with Crippen LogP contribution in [0.1, 0.15) is 22.5 Å². The van der Waals surface area contributed by atoms with Crippen molar-refractivity contribution in [1.82, 2.24) is 10.6 Å². The van der Waals surface area contributed by atoms with Gasteiger partial charge in [0.1, 0.15) is 24.1 Å². The van der Waals surface area contributed by atoms with Crippen molar-refractivity contribution in [2.45, 2.75) is 12.1 Å². The van der Waals surface area contributed by atoms with Crippen LogP contribution in [0.2, 0.25) is 0 Å². The maximum Gasteiger partial charge on any atom is 0.313 e. The van der Waals surface area contributed by atoms with Crippen molar-refractivity contribution in [2.75, 3.05) is 0 Å². The van der Waals surface area contributed by atoms with Gasteiger partial charge in [-0.15, -0.1) is 11.3 Å². The fourth-order valence-corrected chi connectivity index (χ4v) is 2.75. The first-order valence-electron chi connectivity index (χ1n) is 6.65. The molecule has 2 unspecified atom stereocenters. The van der Waals surface area contributed by atoms with Gasteiger partial charge in [-0.05, 0) is 29.1 Å². The van der Waals surface area contributed by atoms with Crippen molar-refractivity contribution in [2.24, 2.45) is 5.73 Å². The standard InChI is InChI=1S/C15H15N3O4S/c16-15(22)18-13(12-2-1-7-23-12)14(21)17-11(8-19)9-3-5-10(20)6-4-9/h1-8,11,13,20H,(H,17,21)(H3,16,18,22). The van der Waals surface area contributed by atoms with Crippen molar-refractivity contribution in [3.05, 3.63) is 52.2 Å². The minimum Gasteiger partial charge on any atom is -0.508 e. The summed E-state index contributed by atoms with van der Waals surface area (Å²) in [7, 11) is 0. The second-order valence-electron chi connectivity index (χ2n) is 4.67. The summed E-state index contributed by atoms with van der Waals surface area (Å²) in [6.07, 6.45) is 0.569. The Kier molecular flexibility index (Phi) is 5.32. The highest BCUT2D eigenvalue weighted by Gasteiger charge is 2.25. The van der Waals surface area contributed by atoms with E-state index in [0.717, 1.165) is 0 Å². The highest BCUT2D eigenvalue weighted by molar-refractivity contribution is 7.10. The number of amides is 3. The smallest absolute Gasteiger partial charge is 0.313 e. The van der Waals surface area contributed by atoms with Crippen LogP contribution in [0.5, 0.6) is 5.75 Å². The fraction of sp³-hybridized carbons (Fsp3) is 0.133. The van der Waals surface area contributed by atoms with Gasteiger partial charge in [0.2, 0.25) is 5.91 Å². The zero-order chi connectivity index (χ0) is 16.8. The Balaban J connectivity index is 2.17. The van der Waals surface area contributed by atoms with Gasteiger partial charge in [0.05, 0.1) is 0 Å². The van der Waals surface area contributed by atoms with Gasteiger partial charge in [0.25, 0.3) is 0 Å².